The van der Waals surface area contributed by atoms with Crippen LogP contribution in [0.1, 0.15) is 24.3 Å². The molecule has 1 saturated heterocycles. The van der Waals surface area contributed by atoms with Gasteiger partial charge in [0.2, 0.25) is 0 Å². The number of rotatable bonds is 4. The van der Waals surface area contributed by atoms with Crippen LogP contribution in [0.25, 0.3) is 0 Å². The number of aliphatic carboxylic acids is 1. The second-order valence-corrected chi connectivity index (χ2v) is 6.12. The summed E-state index contributed by atoms with van der Waals surface area (Å²) < 4.78 is 11.7. The van der Waals surface area contributed by atoms with Crippen LogP contribution in [0.15, 0.2) is 18.2 Å². The minimum Gasteiger partial charge on any atom is -0.487 e. The summed E-state index contributed by atoms with van der Waals surface area (Å²) in [5.74, 6) is -0.0231. The molecule has 3 rings (SSSR count). The van der Waals surface area contributed by atoms with E-state index in [9.17, 15) is 9.90 Å². The number of aliphatic hydroxyl groups is 1. The van der Waals surface area contributed by atoms with Gasteiger partial charge < -0.3 is 24.6 Å². The third-order valence-electron chi connectivity index (χ3n) is 4.40. The Morgan fingerprint density at radius 2 is 2.18 bits per heavy atom. The van der Waals surface area contributed by atoms with Crippen LogP contribution in [-0.4, -0.2) is 55.2 Å². The zero-order valence-electron chi connectivity index (χ0n) is 12.7. The maximum atomic E-state index is 11.0. The van der Waals surface area contributed by atoms with E-state index in [1.54, 1.807) is 0 Å². The van der Waals surface area contributed by atoms with Crippen molar-refractivity contribution in [2.45, 2.75) is 37.1 Å². The van der Waals surface area contributed by atoms with E-state index in [0.717, 1.165) is 17.0 Å². The summed E-state index contributed by atoms with van der Waals surface area (Å²) in [6.07, 6.45) is -0.589. The molecule has 0 aliphatic carbocycles. The topological polar surface area (TPSA) is 79.2 Å². The van der Waals surface area contributed by atoms with Crippen LogP contribution in [0, 0.1) is 0 Å². The van der Waals surface area contributed by atoms with Gasteiger partial charge in [0.25, 0.3) is 0 Å². The van der Waals surface area contributed by atoms with Gasteiger partial charge in [-0.05, 0) is 24.6 Å². The lowest BCUT2D eigenvalue weighted by atomic mass is 9.84. The third-order valence-corrected chi connectivity index (χ3v) is 4.40. The van der Waals surface area contributed by atoms with Crippen molar-refractivity contribution in [2.75, 3.05) is 25.6 Å². The summed E-state index contributed by atoms with van der Waals surface area (Å²) in [7, 11) is 3.95. The van der Waals surface area contributed by atoms with Crippen LogP contribution in [0.4, 0.5) is 5.69 Å². The number of ether oxygens (including phenoxy) is 2. The van der Waals surface area contributed by atoms with Gasteiger partial charge >= 0.3 is 5.97 Å². The Bertz CT molecular complexity index is 574. The van der Waals surface area contributed by atoms with E-state index < -0.39 is 18.2 Å². The van der Waals surface area contributed by atoms with E-state index >= 15 is 0 Å². The van der Waals surface area contributed by atoms with Gasteiger partial charge in [-0.2, -0.15) is 0 Å². The van der Waals surface area contributed by atoms with Crippen molar-refractivity contribution < 1.29 is 24.5 Å². The van der Waals surface area contributed by atoms with Gasteiger partial charge in [-0.25, -0.2) is 0 Å². The van der Waals surface area contributed by atoms with Gasteiger partial charge in [0.05, 0.1) is 19.1 Å². The Morgan fingerprint density at radius 1 is 1.41 bits per heavy atom. The third kappa shape index (κ3) is 2.64. The van der Waals surface area contributed by atoms with Gasteiger partial charge in [-0.15, -0.1) is 0 Å². The fourth-order valence-corrected chi connectivity index (χ4v) is 3.35. The smallest absolute Gasteiger partial charge is 0.305 e. The number of hydrogen-bond donors (Lipinski definition) is 2. The molecule has 0 spiro atoms. The molecule has 1 aromatic rings. The fraction of sp³-hybridized carbons (Fsp3) is 0.562. The summed E-state index contributed by atoms with van der Waals surface area (Å²) in [4.78, 5) is 13.0. The minimum absolute atomic E-state index is 0.0532. The Kier molecular flexibility index (Phi) is 3.97. The predicted molar refractivity (Wildman–Crippen MR) is 80.5 cm³/mol. The molecule has 0 saturated carbocycles. The average molecular weight is 307 g/mol. The molecule has 6 nitrogen and oxygen atoms in total. The maximum Gasteiger partial charge on any atom is 0.305 e. The number of hydrogen-bond acceptors (Lipinski definition) is 5. The summed E-state index contributed by atoms with van der Waals surface area (Å²) in [5.41, 5.74) is 2.15. The first-order valence-electron chi connectivity index (χ1n) is 7.45. The first-order valence-corrected chi connectivity index (χ1v) is 7.45. The monoisotopic (exact) mass is 307 g/mol. The van der Waals surface area contributed by atoms with Crippen LogP contribution in [-0.2, 0) is 9.53 Å². The molecule has 0 bridgehead atoms. The SMILES string of the molecule is CN(C)c1ccc2c(c1)[C@H]1C[C@H](CC(=O)O)O[C@@H](CO)[C@H]1O2. The summed E-state index contributed by atoms with van der Waals surface area (Å²) in [6.45, 7) is -0.175. The van der Waals surface area contributed by atoms with Crippen molar-refractivity contribution in [3.05, 3.63) is 23.8 Å². The van der Waals surface area contributed by atoms with Gasteiger partial charge in [0, 0.05) is 31.3 Å². The molecule has 1 aromatic carbocycles. The first kappa shape index (κ1) is 15.1. The molecular formula is C16H21NO5. The van der Waals surface area contributed by atoms with Gasteiger partial charge in [0.1, 0.15) is 18.0 Å². The van der Waals surface area contributed by atoms with Gasteiger partial charge in [-0.1, -0.05) is 0 Å². The highest BCUT2D eigenvalue weighted by molar-refractivity contribution is 5.67. The van der Waals surface area contributed by atoms with Crippen molar-refractivity contribution in [3.8, 4) is 5.75 Å². The Morgan fingerprint density at radius 3 is 2.82 bits per heavy atom. The minimum atomic E-state index is -0.888. The largest absolute Gasteiger partial charge is 0.487 e. The maximum absolute atomic E-state index is 11.0. The summed E-state index contributed by atoms with van der Waals surface area (Å²) in [5, 5.41) is 18.5. The van der Waals surface area contributed by atoms with Crippen molar-refractivity contribution in [2.24, 2.45) is 0 Å². The molecule has 2 N–H and O–H groups in total. The van der Waals surface area contributed by atoms with Gasteiger partial charge in [0.15, 0.2) is 0 Å². The van der Waals surface area contributed by atoms with Crippen LogP contribution >= 0.6 is 0 Å². The lowest BCUT2D eigenvalue weighted by molar-refractivity contribution is -0.153. The second-order valence-electron chi connectivity index (χ2n) is 6.12. The van der Waals surface area contributed by atoms with E-state index in [-0.39, 0.29) is 25.0 Å². The Hall–Kier alpha value is -1.79. The molecule has 4 atom stereocenters. The van der Waals surface area contributed by atoms with Crippen LogP contribution < -0.4 is 9.64 Å². The van der Waals surface area contributed by atoms with E-state index in [1.165, 1.54) is 0 Å². The molecule has 6 heteroatoms. The zero-order chi connectivity index (χ0) is 15.9. The van der Waals surface area contributed by atoms with Crippen LogP contribution in [0.3, 0.4) is 0 Å². The summed E-state index contributed by atoms with van der Waals surface area (Å²) in [6, 6.07) is 6.00. The van der Waals surface area contributed by atoms with E-state index in [1.807, 2.05) is 31.1 Å². The number of benzene rings is 1. The Balaban J connectivity index is 1.90. The van der Waals surface area contributed by atoms with Gasteiger partial charge in [-0.3, -0.25) is 4.79 Å². The number of anilines is 1. The molecule has 2 aliphatic rings. The highest BCUT2D eigenvalue weighted by atomic mass is 16.6. The molecule has 2 heterocycles. The molecule has 120 valence electrons. The van der Waals surface area contributed by atoms with E-state index in [0.29, 0.717) is 6.42 Å². The molecule has 0 unspecified atom stereocenters. The molecule has 22 heavy (non-hydrogen) atoms. The van der Waals surface area contributed by atoms with E-state index in [4.69, 9.17) is 14.6 Å². The number of nitrogens with zero attached hydrogens (tertiary/aromatic N) is 1. The molecule has 0 aromatic heterocycles. The van der Waals surface area contributed by atoms with Crippen molar-refractivity contribution in [1.82, 2.24) is 0 Å². The normalized spacial score (nSPS) is 29.4. The van der Waals surface area contributed by atoms with E-state index in [2.05, 4.69) is 6.07 Å². The highest BCUT2D eigenvalue weighted by Gasteiger charge is 2.46. The number of carboxylic acid groups (broad SMARTS) is 1. The fourth-order valence-electron chi connectivity index (χ4n) is 3.35. The average Bonchev–Trinajstić information content (AvgIpc) is 2.83. The molecule has 0 radical (unpaired) electrons. The number of carbonyl (C=O) groups is 1. The quantitative estimate of drug-likeness (QED) is 0.871. The predicted octanol–water partition coefficient (Wildman–Crippen LogP) is 1.22. The zero-order valence-corrected chi connectivity index (χ0v) is 12.7. The summed E-state index contributed by atoms with van der Waals surface area (Å²) >= 11 is 0. The molecule has 1 fully saturated rings. The number of aliphatic hydroxyl groups excluding tert-OH is 1. The van der Waals surface area contributed by atoms with Crippen LogP contribution in [0.2, 0.25) is 0 Å². The van der Waals surface area contributed by atoms with Crippen molar-refractivity contribution in [3.63, 3.8) is 0 Å². The number of fused-ring (bicyclic) bond motifs is 3. The molecule has 0 amide bonds. The Labute approximate surface area is 129 Å². The van der Waals surface area contributed by atoms with Crippen molar-refractivity contribution >= 4 is 11.7 Å². The first-order chi connectivity index (χ1) is 10.5. The number of carboxylic acids is 1. The van der Waals surface area contributed by atoms with Crippen molar-refractivity contribution in [1.29, 1.82) is 0 Å². The highest BCUT2D eigenvalue weighted by Crippen LogP contribution is 2.47. The molecular weight excluding hydrogens is 286 g/mol. The standard InChI is InChI=1S/C16H21NO5/c1-17(2)9-3-4-13-11(5-9)12-6-10(7-15(19)20)21-14(8-18)16(12)22-13/h3-5,10,12,14,16,18H,6-8H2,1-2H3,(H,19,20)/t10-,12-,14+,16+/m1/s1. The van der Waals surface area contributed by atoms with Crippen LogP contribution in [0.5, 0.6) is 5.75 Å². The lowest BCUT2D eigenvalue weighted by Gasteiger charge is -2.36. The second kappa shape index (κ2) is 5.78. The molecule has 2 aliphatic heterocycles. The lowest BCUT2D eigenvalue weighted by Crippen LogP contribution is -2.46.